The minimum atomic E-state index is -4.09. The van der Waals surface area contributed by atoms with Crippen LogP contribution in [0, 0.1) is 20.8 Å². The van der Waals surface area contributed by atoms with Crippen LogP contribution in [-0.2, 0) is 26.2 Å². The van der Waals surface area contributed by atoms with Gasteiger partial charge in [-0.3, -0.25) is 13.9 Å². The Kier molecular flexibility index (Phi) is 9.86. The van der Waals surface area contributed by atoms with Gasteiger partial charge in [-0.2, -0.15) is 0 Å². The number of nitrogens with zero attached hydrogens (tertiary/aromatic N) is 2. The van der Waals surface area contributed by atoms with Crippen LogP contribution >= 0.6 is 0 Å². The Hall–Kier alpha value is -3.65. The van der Waals surface area contributed by atoms with Crippen molar-refractivity contribution in [1.29, 1.82) is 0 Å². The van der Waals surface area contributed by atoms with Crippen LogP contribution in [0.2, 0.25) is 0 Å². The summed E-state index contributed by atoms with van der Waals surface area (Å²) in [6.45, 7) is 7.16. The SMILES string of the molecule is Cc1ccc(S(=O)(=O)N(CC(=O)N(Cc2ccccc2C)[C@H](C)C(=O)NC2CCCCC2)c2ccccc2C)cc1. The van der Waals surface area contributed by atoms with Gasteiger partial charge in [0.1, 0.15) is 12.6 Å². The molecule has 41 heavy (non-hydrogen) atoms. The van der Waals surface area contributed by atoms with Crippen molar-refractivity contribution in [1.82, 2.24) is 10.2 Å². The lowest BCUT2D eigenvalue weighted by Crippen LogP contribution is -2.53. The fraction of sp³-hybridized carbons (Fsp3) is 0.394. The fourth-order valence-electron chi connectivity index (χ4n) is 5.32. The highest BCUT2D eigenvalue weighted by atomic mass is 32.2. The lowest BCUT2D eigenvalue weighted by Gasteiger charge is -2.34. The van der Waals surface area contributed by atoms with E-state index in [1.165, 1.54) is 15.6 Å². The minimum Gasteiger partial charge on any atom is -0.352 e. The second-order valence-electron chi connectivity index (χ2n) is 11.1. The average Bonchev–Trinajstić information content (AvgIpc) is 2.96. The molecule has 1 aliphatic carbocycles. The standard InChI is InChI=1S/C33H41N3O4S/c1-24-18-20-30(21-19-24)41(39,40)36(31-17-11-9-13-26(31)3)23-32(37)35(22-28-14-10-8-12-25(28)2)27(4)33(38)34-29-15-6-5-7-16-29/h8-14,17-21,27,29H,5-7,15-16,22-23H2,1-4H3,(H,34,38)/t27-/m1/s1. The third kappa shape index (κ3) is 7.36. The van der Waals surface area contributed by atoms with E-state index >= 15 is 0 Å². The molecule has 0 bridgehead atoms. The second-order valence-corrected chi connectivity index (χ2v) is 12.9. The molecule has 1 aliphatic rings. The van der Waals surface area contributed by atoms with E-state index in [4.69, 9.17) is 0 Å². The van der Waals surface area contributed by atoms with Crippen molar-refractivity contribution in [3.63, 3.8) is 0 Å². The predicted octanol–water partition coefficient (Wildman–Crippen LogP) is 5.67. The van der Waals surface area contributed by atoms with Crippen LogP contribution in [0.15, 0.2) is 77.7 Å². The number of aryl methyl sites for hydroxylation is 3. The van der Waals surface area contributed by atoms with Crippen molar-refractivity contribution < 1.29 is 18.0 Å². The zero-order valence-corrected chi connectivity index (χ0v) is 25.3. The van der Waals surface area contributed by atoms with Gasteiger partial charge in [0.25, 0.3) is 10.0 Å². The number of benzene rings is 3. The highest BCUT2D eigenvalue weighted by Gasteiger charge is 2.33. The summed E-state index contributed by atoms with van der Waals surface area (Å²) in [6.07, 6.45) is 5.19. The molecule has 0 radical (unpaired) electrons. The van der Waals surface area contributed by atoms with Crippen LogP contribution < -0.4 is 9.62 Å². The number of amides is 2. The molecule has 1 atom stereocenters. The van der Waals surface area contributed by atoms with Crippen LogP contribution in [0.5, 0.6) is 0 Å². The van der Waals surface area contributed by atoms with Crippen LogP contribution in [0.25, 0.3) is 0 Å². The lowest BCUT2D eigenvalue weighted by atomic mass is 9.95. The van der Waals surface area contributed by atoms with Gasteiger partial charge in [-0.25, -0.2) is 8.42 Å². The molecule has 8 heteroatoms. The van der Waals surface area contributed by atoms with Crippen molar-refractivity contribution in [3.05, 3.63) is 95.1 Å². The lowest BCUT2D eigenvalue weighted by molar-refractivity contribution is -0.139. The van der Waals surface area contributed by atoms with Crippen molar-refractivity contribution in [2.75, 3.05) is 10.8 Å². The van der Waals surface area contributed by atoms with E-state index in [1.807, 2.05) is 57.2 Å². The van der Waals surface area contributed by atoms with Crippen molar-refractivity contribution >= 4 is 27.5 Å². The van der Waals surface area contributed by atoms with E-state index in [9.17, 15) is 18.0 Å². The van der Waals surface area contributed by atoms with Crippen LogP contribution in [-0.4, -0.2) is 43.8 Å². The second kappa shape index (κ2) is 13.3. The summed E-state index contributed by atoms with van der Waals surface area (Å²) < 4.78 is 29.2. The van der Waals surface area contributed by atoms with E-state index in [0.717, 1.165) is 47.9 Å². The Morgan fingerprint density at radius 2 is 1.46 bits per heavy atom. The Labute approximate surface area is 244 Å². The number of anilines is 1. The van der Waals surface area contributed by atoms with E-state index in [0.29, 0.717) is 5.69 Å². The first-order valence-corrected chi connectivity index (χ1v) is 15.8. The average molecular weight is 576 g/mol. The molecular weight excluding hydrogens is 534 g/mol. The first-order valence-electron chi connectivity index (χ1n) is 14.4. The number of carbonyl (C=O) groups is 2. The number of carbonyl (C=O) groups excluding carboxylic acids is 2. The molecule has 0 aliphatic heterocycles. The van der Waals surface area contributed by atoms with Gasteiger partial charge in [0.05, 0.1) is 10.6 Å². The molecule has 0 saturated heterocycles. The molecule has 0 aromatic heterocycles. The maximum absolute atomic E-state index is 14.2. The number of nitrogens with one attached hydrogen (secondary N) is 1. The molecule has 7 nitrogen and oxygen atoms in total. The summed E-state index contributed by atoms with van der Waals surface area (Å²) in [6, 6.07) is 20.8. The largest absolute Gasteiger partial charge is 0.352 e. The summed E-state index contributed by atoms with van der Waals surface area (Å²) >= 11 is 0. The third-order valence-electron chi connectivity index (χ3n) is 7.99. The van der Waals surface area contributed by atoms with Gasteiger partial charge in [-0.05, 0) is 75.4 Å². The Balaban J connectivity index is 1.69. The van der Waals surface area contributed by atoms with Gasteiger partial charge in [-0.15, -0.1) is 0 Å². The predicted molar refractivity (Wildman–Crippen MR) is 163 cm³/mol. The molecule has 3 aromatic rings. The van der Waals surface area contributed by atoms with Gasteiger partial charge >= 0.3 is 0 Å². The Morgan fingerprint density at radius 3 is 2.10 bits per heavy atom. The normalized spacial score (nSPS) is 14.7. The number of rotatable bonds is 10. The molecule has 1 N–H and O–H groups in total. The molecule has 1 fully saturated rings. The highest BCUT2D eigenvalue weighted by molar-refractivity contribution is 7.92. The monoisotopic (exact) mass is 575 g/mol. The molecule has 1 saturated carbocycles. The van der Waals surface area contributed by atoms with E-state index < -0.39 is 28.5 Å². The smallest absolute Gasteiger partial charge is 0.264 e. The molecule has 4 rings (SSSR count). The maximum atomic E-state index is 14.2. The summed E-state index contributed by atoms with van der Waals surface area (Å²) in [7, 11) is -4.09. The molecule has 218 valence electrons. The third-order valence-corrected chi connectivity index (χ3v) is 9.77. The molecule has 3 aromatic carbocycles. The quantitative estimate of drug-likeness (QED) is 0.337. The van der Waals surface area contributed by atoms with Crippen LogP contribution in [0.4, 0.5) is 5.69 Å². The highest BCUT2D eigenvalue weighted by Crippen LogP contribution is 2.28. The van der Waals surface area contributed by atoms with Gasteiger partial charge in [0.15, 0.2) is 0 Å². The molecule has 2 amide bonds. The van der Waals surface area contributed by atoms with Crippen molar-refractivity contribution in [3.8, 4) is 0 Å². The first kappa shape index (κ1) is 30.3. The minimum absolute atomic E-state index is 0.0968. The Morgan fingerprint density at radius 1 is 0.854 bits per heavy atom. The van der Waals surface area contributed by atoms with Crippen LogP contribution in [0.1, 0.15) is 61.3 Å². The van der Waals surface area contributed by atoms with Gasteiger partial charge in [0, 0.05) is 12.6 Å². The zero-order chi connectivity index (χ0) is 29.6. The topological polar surface area (TPSA) is 86.8 Å². The molecule has 0 unspecified atom stereocenters. The summed E-state index contributed by atoms with van der Waals surface area (Å²) in [5.41, 5.74) is 3.99. The molecular formula is C33H41N3O4S. The van der Waals surface area contributed by atoms with Crippen molar-refractivity contribution in [2.24, 2.45) is 0 Å². The van der Waals surface area contributed by atoms with Gasteiger partial charge in [0.2, 0.25) is 11.8 Å². The van der Waals surface area contributed by atoms with E-state index in [1.54, 1.807) is 43.3 Å². The Bertz CT molecular complexity index is 1460. The van der Waals surface area contributed by atoms with Gasteiger partial charge < -0.3 is 10.2 Å². The summed E-state index contributed by atoms with van der Waals surface area (Å²) in [4.78, 5) is 29.2. The van der Waals surface area contributed by atoms with Crippen LogP contribution in [0.3, 0.4) is 0 Å². The number of hydrogen-bond acceptors (Lipinski definition) is 4. The maximum Gasteiger partial charge on any atom is 0.264 e. The molecule has 0 spiro atoms. The first-order chi connectivity index (χ1) is 19.6. The zero-order valence-electron chi connectivity index (χ0n) is 24.5. The van der Waals surface area contributed by atoms with Crippen molar-refractivity contribution in [2.45, 2.75) is 83.3 Å². The fourth-order valence-corrected chi connectivity index (χ4v) is 6.80. The van der Waals surface area contributed by atoms with E-state index in [2.05, 4.69) is 5.32 Å². The van der Waals surface area contributed by atoms with Gasteiger partial charge in [-0.1, -0.05) is 79.4 Å². The number of para-hydroxylation sites is 1. The summed E-state index contributed by atoms with van der Waals surface area (Å²) in [5.74, 6) is -0.666. The number of hydrogen-bond donors (Lipinski definition) is 1. The van der Waals surface area contributed by atoms with E-state index in [-0.39, 0.29) is 23.4 Å². The summed E-state index contributed by atoms with van der Waals surface area (Å²) in [5, 5.41) is 3.15. The number of sulfonamides is 1. The molecule has 0 heterocycles.